The first kappa shape index (κ1) is 13.2. The summed E-state index contributed by atoms with van der Waals surface area (Å²) in [5.74, 6) is -0.0821. The van der Waals surface area contributed by atoms with E-state index >= 15 is 0 Å². The minimum atomic E-state index is -0.428. The molecule has 0 heterocycles. The molecule has 0 saturated carbocycles. The summed E-state index contributed by atoms with van der Waals surface area (Å²) in [6.07, 6.45) is 5.91. The molecule has 3 aliphatic rings. The van der Waals surface area contributed by atoms with Gasteiger partial charge in [-0.2, -0.15) is 0 Å². The highest BCUT2D eigenvalue weighted by Crippen LogP contribution is 2.52. The van der Waals surface area contributed by atoms with E-state index in [0.717, 1.165) is 12.0 Å². The summed E-state index contributed by atoms with van der Waals surface area (Å²) < 4.78 is 0. The van der Waals surface area contributed by atoms with Gasteiger partial charge in [-0.25, -0.2) is 0 Å². The lowest BCUT2D eigenvalue weighted by atomic mass is 9.55. The van der Waals surface area contributed by atoms with E-state index < -0.39 is 5.41 Å². The van der Waals surface area contributed by atoms with Gasteiger partial charge in [0.05, 0.1) is 0 Å². The molecular formula is C17H18O3. The zero-order chi connectivity index (χ0) is 14.7. The average Bonchev–Trinajstić information content (AvgIpc) is 2.38. The molecule has 1 unspecified atom stereocenters. The normalized spacial score (nSPS) is 31.9. The van der Waals surface area contributed by atoms with E-state index in [0.29, 0.717) is 17.6 Å². The number of fused-ring (bicyclic) bond motifs is 1. The molecule has 0 radical (unpaired) electrons. The molecule has 0 bridgehead atoms. The fourth-order valence-corrected chi connectivity index (χ4v) is 4.00. The van der Waals surface area contributed by atoms with Gasteiger partial charge in [0.1, 0.15) is 0 Å². The molecule has 3 aliphatic carbocycles. The molecule has 0 N–H and O–H groups in total. The topological polar surface area (TPSA) is 51.2 Å². The third-order valence-corrected chi connectivity index (χ3v) is 5.12. The van der Waals surface area contributed by atoms with Crippen molar-refractivity contribution in [2.45, 2.75) is 33.6 Å². The molecule has 20 heavy (non-hydrogen) atoms. The van der Waals surface area contributed by atoms with Crippen molar-refractivity contribution in [3.8, 4) is 0 Å². The molecular weight excluding hydrogens is 252 g/mol. The Balaban J connectivity index is 2.15. The van der Waals surface area contributed by atoms with Crippen LogP contribution in [0.5, 0.6) is 0 Å². The standard InChI is InChI=1S/C17H18O3/c1-9-4-5-12-10(16(9)20)8-11-13(18)6-7-14(19)15(11)17(12,2)3/h4,6-7,10,12H,5,8H2,1-3H3/t10?,12-/m1/s1. The Kier molecular flexibility index (Phi) is 2.72. The second-order valence-electron chi connectivity index (χ2n) is 6.54. The predicted molar refractivity (Wildman–Crippen MR) is 74.9 cm³/mol. The van der Waals surface area contributed by atoms with Crippen molar-refractivity contribution in [1.82, 2.24) is 0 Å². The Bertz CT molecular complexity index is 629. The van der Waals surface area contributed by atoms with Crippen LogP contribution in [0.15, 0.2) is 34.9 Å². The lowest BCUT2D eigenvalue weighted by Gasteiger charge is -2.47. The molecule has 0 aromatic heterocycles. The number of ketones is 3. The smallest absolute Gasteiger partial charge is 0.182 e. The minimum absolute atomic E-state index is 0.0678. The van der Waals surface area contributed by atoms with Gasteiger partial charge in [0.2, 0.25) is 0 Å². The van der Waals surface area contributed by atoms with E-state index in [9.17, 15) is 14.4 Å². The molecule has 0 aromatic rings. The van der Waals surface area contributed by atoms with Gasteiger partial charge in [-0.05, 0) is 48.8 Å². The number of carbonyl (C=O) groups excluding carboxylic acids is 3. The van der Waals surface area contributed by atoms with Gasteiger partial charge in [0.25, 0.3) is 0 Å². The van der Waals surface area contributed by atoms with E-state index in [2.05, 4.69) is 0 Å². The van der Waals surface area contributed by atoms with Crippen LogP contribution in [0.1, 0.15) is 33.6 Å². The van der Waals surface area contributed by atoms with Gasteiger partial charge >= 0.3 is 0 Å². The summed E-state index contributed by atoms with van der Waals surface area (Å²) in [5, 5.41) is 0. The van der Waals surface area contributed by atoms with Crippen LogP contribution >= 0.6 is 0 Å². The highest BCUT2D eigenvalue weighted by Gasteiger charge is 2.50. The van der Waals surface area contributed by atoms with Crippen LogP contribution in [0.2, 0.25) is 0 Å². The molecule has 0 aliphatic heterocycles. The van der Waals surface area contributed by atoms with Crippen molar-refractivity contribution in [2.24, 2.45) is 17.3 Å². The van der Waals surface area contributed by atoms with Crippen LogP contribution in [0.25, 0.3) is 0 Å². The Labute approximate surface area is 118 Å². The number of carbonyl (C=O) groups is 3. The minimum Gasteiger partial charge on any atom is -0.294 e. The van der Waals surface area contributed by atoms with Crippen molar-refractivity contribution >= 4 is 17.3 Å². The maximum atomic E-state index is 12.4. The van der Waals surface area contributed by atoms with Crippen molar-refractivity contribution in [2.75, 3.05) is 0 Å². The SMILES string of the molecule is CC1=CC[C@@H]2C(CC3=C(C(=O)C=CC3=O)C2(C)C)C1=O. The molecule has 3 rings (SSSR count). The third kappa shape index (κ3) is 1.62. The van der Waals surface area contributed by atoms with E-state index in [-0.39, 0.29) is 29.2 Å². The van der Waals surface area contributed by atoms with Crippen LogP contribution in [-0.4, -0.2) is 17.3 Å². The first-order valence-electron chi connectivity index (χ1n) is 7.05. The number of Topliss-reactive ketones (excluding diaryl/α,β-unsaturated/α-hetero) is 1. The lowest BCUT2D eigenvalue weighted by molar-refractivity contribution is -0.125. The van der Waals surface area contributed by atoms with Crippen LogP contribution in [0.3, 0.4) is 0 Å². The largest absolute Gasteiger partial charge is 0.294 e. The summed E-state index contributed by atoms with van der Waals surface area (Å²) in [6.45, 7) is 5.82. The first-order valence-corrected chi connectivity index (χ1v) is 7.05. The molecule has 3 heteroatoms. The Hall–Kier alpha value is -1.77. The van der Waals surface area contributed by atoms with Gasteiger partial charge in [-0.1, -0.05) is 19.9 Å². The second-order valence-corrected chi connectivity index (χ2v) is 6.54. The fraction of sp³-hybridized carbons (Fsp3) is 0.471. The number of allylic oxidation sites excluding steroid dienone is 6. The summed E-state index contributed by atoms with van der Waals surface area (Å²) in [6, 6.07) is 0. The van der Waals surface area contributed by atoms with Gasteiger partial charge in [0.15, 0.2) is 17.3 Å². The highest BCUT2D eigenvalue weighted by molar-refractivity contribution is 6.21. The maximum absolute atomic E-state index is 12.4. The fourth-order valence-electron chi connectivity index (χ4n) is 4.00. The number of hydrogen-bond acceptors (Lipinski definition) is 3. The number of rotatable bonds is 0. The maximum Gasteiger partial charge on any atom is 0.182 e. The Morgan fingerprint density at radius 1 is 1.10 bits per heavy atom. The lowest BCUT2D eigenvalue weighted by Crippen LogP contribution is -2.45. The first-order chi connectivity index (χ1) is 9.34. The summed E-state index contributed by atoms with van der Waals surface area (Å²) in [7, 11) is 0. The van der Waals surface area contributed by atoms with Crippen LogP contribution in [-0.2, 0) is 14.4 Å². The second kappa shape index (κ2) is 4.11. The molecule has 2 atom stereocenters. The van der Waals surface area contributed by atoms with Gasteiger partial charge in [-0.15, -0.1) is 0 Å². The zero-order valence-corrected chi connectivity index (χ0v) is 12.0. The molecule has 104 valence electrons. The Morgan fingerprint density at radius 3 is 2.45 bits per heavy atom. The van der Waals surface area contributed by atoms with Crippen molar-refractivity contribution in [1.29, 1.82) is 0 Å². The van der Waals surface area contributed by atoms with E-state index in [4.69, 9.17) is 0 Å². The average molecular weight is 270 g/mol. The summed E-state index contributed by atoms with van der Waals surface area (Å²) in [5.41, 5.74) is 1.55. The van der Waals surface area contributed by atoms with Crippen molar-refractivity contribution in [3.05, 3.63) is 34.9 Å². The van der Waals surface area contributed by atoms with E-state index in [1.54, 1.807) is 0 Å². The van der Waals surface area contributed by atoms with Gasteiger partial charge in [0, 0.05) is 17.1 Å². The predicted octanol–water partition coefficient (Wildman–Crippen LogP) is 2.57. The van der Waals surface area contributed by atoms with Crippen molar-refractivity contribution < 1.29 is 14.4 Å². The summed E-state index contributed by atoms with van der Waals surface area (Å²) >= 11 is 0. The third-order valence-electron chi connectivity index (χ3n) is 5.12. The molecule has 0 saturated heterocycles. The van der Waals surface area contributed by atoms with Crippen LogP contribution in [0.4, 0.5) is 0 Å². The quantitative estimate of drug-likeness (QED) is 0.636. The molecule has 0 aromatic carbocycles. The van der Waals surface area contributed by atoms with Crippen molar-refractivity contribution in [3.63, 3.8) is 0 Å². The Morgan fingerprint density at radius 2 is 1.75 bits per heavy atom. The zero-order valence-electron chi connectivity index (χ0n) is 12.0. The monoisotopic (exact) mass is 270 g/mol. The summed E-state index contributed by atoms with van der Waals surface area (Å²) in [4.78, 5) is 36.7. The van der Waals surface area contributed by atoms with Gasteiger partial charge < -0.3 is 0 Å². The van der Waals surface area contributed by atoms with Crippen LogP contribution in [0, 0.1) is 17.3 Å². The van der Waals surface area contributed by atoms with E-state index in [1.807, 2.05) is 26.8 Å². The van der Waals surface area contributed by atoms with Gasteiger partial charge in [-0.3, -0.25) is 14.4 Å². The van der Waals surface area contributed by atoms with Crippen LogP contribution < -0.4 is 0 Å². The highest BCUT2D eigenvalue weighted by atomic mass is 16.1. The molecule has 0 spiro atoms. The molecule has 0 fully saturated rings. The molecule has 3 nitrogen and oxygen atoms in total. The van der Waals surface area contributed by atoms with E-state index in [1.165, 1.54) is 12.2 Å². The number of hydrogen-bond donors (Lipinski definition) is 0. The molecule has 0 amide bonds.